The molecule has 3 aromatic carbocycles. The van der Waals surface area contributed by atoms with Gasteiger partial charge in [0, 0.05) is 18.7 Å². The molecule has 0 saturated carbocycles. The highest BCUT2D eigenvalue weighted by Crippen LogP contribution is 2.34. The van der Waals surface area contributed by atoms with E-state index in [1.165, 1.54) is 0 Å². The molecule has 0 aliphatic heterocycles. The summed E-state index contributed by atoms with van der Waals surface area (Å²) in [5.74, 6) is 1.47. The summed E-state index contributed by atoms with van der Waals surface area (Å²) in [5, 5.41) is 0. The van der Waals surface area contributed by atoms with Crippen LogP contribution in [0.25, 0.3) is 22.2 Å². The van der Waals surface area contributed by atoms with Gasteiger partial charge in [-0.15, -0.1) is 0 Å². The maximum atomic E-state index is 6.06. The molecule has 0 aliphatic rings. The maximum Gasteiger partial charge on any atom is 0.124 e. The Morgan fingerprint density at radius 2 is 1.67 bits per heavy atom. The minimum absolute atomic E-state index is 0.433. The SMILES string of the molecule is COCc1cnc2c(-c3cc(OC)cc(OCc4ccccc4)c3)cc(C)cc2n1. The van der Waals surface area contributed by atoms with Gasteiger partial charge in [-0.2, -0.15) is 0 Å². The van der Waals surface area contributed by atoms with E-state index in [4.69, 9.17) is 19.2 Å². The smallest absolute Gasteiger partial charge is 0.124 e. The topological polar surface area (TPSA) is 53.5 Å². The zero-order valence-corrected chi connectivity index (χ0v) is 17.4. The Hall–Kier alpha value is -3.44. The first-order valence-electron chi connectivity index (χ1n) is 9.77. The second kappa shape index (κ2) is 8.93. The maximum absolute atomic E-state index is 6.06. The lowest BCUT2D eigenvalue weighted by Crippen LogP contribution is -1.98. The van der Waals surface area contributed by atoms with Crippen LogP contribution in [-0.4, -0.2) is 24.2 Å². The molecule has 152 valence electrons. The molecule has 0 spiro atoms. The van der Waals surface area contributed by atoms with E-state index in [2.05, 4.69) is 18.0 Å². The van der Waals surface area contributed by atoms with Crippen LogP contribution >= 0.6 is 0 Å². The van der Waals surface area contributed by atoms with Crippen LogP contribution in [-0.2, 0) is 18.0 Å². The quantitative estimate of drug-likeness (QED) is 0.419. The molecule has 4 aromatic rings. The number of aryl methyl sites for hydroxylation is 1. The van der Waals surface area contributed by atoms with Crippen molar-refractivity contribution in [1.29, 1.82) is 0 Å². The van der Waals surface area contributed by atoms with Crippen LogP contribution in [0.1, 0.15) is 16.8 Å². The summed E-state index contributed by atoms with van der Waals surface area (Å²) in [5.41, 5.74) is 6.66. The van der Waals surface area contributed by atoms with Gasteiger partial charge in [0.1, 0.15) is 18.1 Å². The standard InChI is InChI=1S/C25H24N2O3/c1-17-9-23(25-24(10-17)27-20(14-26-25)16-28-2)19-11-21(29-3)13-22(12-19)30-15-18-7-5-4-6-8-18/h4-14H,15-16H2,1-3H3. The van der Waals surface area contributed by atoms with Crippen LogP contribution in [0.2, 0.25) is 0 Å². The number of hydrogen-bond acceptors (Lipinski definition) is 5. The van der Waals surface area contributed by atoms with Crippen LogP contribution in [0, 0.1) is 6.92 Å². The second-order valence-electron chi connectivity index (χ2n) is 7.15. The monoisotopic (exact) mass is 400 g/mol. The number of hydrogen-bond donors (Lipinski definition) is 0. The molecule has 5 nitrogen and oxygen atoms in total. The predicted octanol–water partition coefficient (Wildman–Crippen LogP) is 5.34. The average molecular weight is 400 g/mol. The van der Waals surface area contributed by atoms with Crippen LogP contribution in [0.15, 0.2) is 66.9 Å². The molecule has 0 radical (unpaired) electrons. The van der Waals surface area contributed by atoms with Crippen LogP contribution in [0.4, 0.5) is 0 Å². The number of fused-ring (bicyclic) bond motifs is 1. The summed E-state index contributed by atoms with van der Waals surface area (Å²) in [6.45, 7) is 2.98. The average Bonchev–Trinajstić information content (AvgIpc) is 2.77. The minimum Gasteiger partial charge on any atom is -0.497 e. The van der Waals surface area contributed by atoms with E-state index < -0.39 is 0 Å². The molecule has 1 aromatic heterocycles. The number of benzene rings is 3. The van der Waals surface area contributed by atoms with E-state index in [0.29, 0.717) is 13.2 Å². The summed E-state index contributed by atoms with van der Waals surface area (Å²) in [4.78, 5) is 9.37. The molecule has 0 amide bonds. The molecule has 0 N–H and O–H groups in total. The lowest BCUT2D eigenvalue weighted by atomic mass is 10.0. The van der Waals surface area contributed by atoms with E-state index in [-0.39, 0.29) is 0 Å². The summed E-state index contributed by atoms with van der Waals surface area (Å²) in [6, 6.07) is 20.2. The third-order valence-corrected chi connectivity index (χ3v) is 4.81. The van der Waals surface area contributed by atoms with Gasteiger partial charge in [-0.1, -0.05) is 30.3 Å². The highest BCUT2D eigenvalue weighted by atomic mass is 16.5. The first kappa shape index (κ1) is 19.9. The van der Waals surface area contributed by atoms with Gasteiger partial charge in [0.2, 0.25) is 0 Å². The van der Waals surface area contributed by atoms with E-state index in [0.717, 1.165) is 50.5 Å². The molecule has 0 saturated heterocycles. The summed E-state index contributed by atoms with van der Waals surface area (Å²) < 4.78 is 16.8. The fourth-order valence-electron chi connectivity index (χ4n) is 3.41. The lowest BCUT2D eigenvalue weighted by Gasteiger charge is -2.13. The van der Waals surface area contributed by atoms with Crippen molar-refractivity contribution >= 4 is 11.0 Å². The molecule has 4 rings (SSSR count). The van der Waals surface area contributed by atoms with Gasteiger partial charge in [0.25, 0.3) is 0 Å². The third-order valence-electron chi connectivity index (χ3n) is 4.81. The van der Waals surface area contributed by atoms with Crippen molar-refractivity contribution in [1.82, 2.24) is 9.97 Å². The zero-order valence-electron chi connectivity index (χ0n) is 17.4. The summed E-state index contributed by atoms with van der Waals surface area (Å²) in [7, 11) is 3.31. The Bertz CT molecular complexity index is 1160. The van der Waals surface area contributed by atoms with Gasteiger partial charge >= 0.3 is 0 Å². The Kier molecular flexibility index (Phi) is 5.91. The lowest BCUT2D eigenvalue weighted by molar-refractivity contribution is 0.181. The normalized spacial score (nSPS) is 10.9. The molecule has 0 bridgehead atoms. The Morgan fingerprint density at radius 1 is 0.867 bits per heavy atom. The number of nitrogens with zero attached hydrogens (tertiary/aromatic N) is 2. The van der Waals surface area contributed by atoms with Gasteiger partial charge in [0.05, 0.1) is 36.6 Å². The summed E-state index contributed by atoms with van der Waals surface area (Å²) >= 11 is 0. The molecule has 0 aliphatic carbocycles. The largest absolute Gasteiger partial charge is 0.497 e. The highest BCUT2D eigenvalue weighted by molar-refractivity contribution is 5.92. The van der Waals surface area contributed by atoms with Crippen molar-refractivity contribution in [2.24, 2.45) is 0 Å². The van der Waals surface area contributed by atoms with Gasteiger partial charge in [-0.3, -0.25) is 4.98 Å². The summed E-state index contributed by atoms with van der Waals surface area (Å²) in [6.07, 6.45) is 1.76. The molecule has 0 unspecified atom stereocenters. The molecule has 30 heavy (non-hydrogen) atoms. The predicted molar refractivity (Wildman–Crippen MR) is 118 cm³/mol. The van der Waals surface area contributed by atoms with Crippen LogP contribution < -0.4 is 9.47 Å². The molecule has 5 heteroatoms. The van der Waals surface area contributed by atoms with Crippen LogP contribution in [0.3, 0.4) is 0 Å². The number of ether oxygens (including phenoxy) is 3. The Labute approximate surface area is 176 Å². The van der Waals surface area contributed by atoms with Crippen LogP contribution in [0.5, 0.6) is 11.5 Å². The Morgan fingerprint density at radius 3 is 2.43 bits per heavy atom. The van der Waals surface area contributed by atoms with Crippen molar-refractivity contribution < 1.29 is 14.2 Å². The fourth-order valence-corrected chi connectivity index (χ4v) is 3.41. The second-order valence-corrected chi connectivity index (χ2v) is 7.15. The van der Waals surface area contributed by atoms with E-state index in [9.17, 15) is 0 Å². The number of rotatable bonds is 7. The van der Waals surface area contributed by atoms with Crippen molar-refractivity contribution in [2.75, 3.05) is 14.2 Å². The molecule has 0 atom stereocenters. The van der Waals surface area contributed by atoms with Gasteiger partial charge in [0.15, 0.2) is 0 Å². The van der Waals surface area contributed by atoms with Crippen molar-refractivity contribution in [3.8, 4) is 22.6 Å². The van der Waals surface area contributed by atoms with Gasteiger partial charge in [-0.05, 0) is 47.9 Å². The van der Waals surface area contributed by atoms with Crippen molar-refractivity contribution in [3.63, 3.8) is 0 Å². The molecule has 0 fully saturated rings. The minimum atomic E-state index is 0.433. The molecular weight excluding hydrogens is 376 g/mol. The zero-order chi connectivity index (χ0) is 20.9. The van der Waals surface area contributed by atoms with Gasteiger partial charge < -0.3 is 14.2 Å². The first-order valence-corrected chi connectivity index (χ1v) is 9.77. The van der Waals surface area contributed by atoms with E-state index in [1.54, 1.807) is 20.4 Å². The third kappa shape index (κ3) is 4.42. The van der Waals surface area contributed by atoms with E-state index >= 15 is 0 Å². The molecular formula is C25H24N2O3. The Balaban J connectivity index is 1.74. The number of aromatic nitrogens is 2. The van der Waals surface area contributed by atoms with Crippen molar-refractivity contribution in [2.45, 2.75) is 20.1 Å². The van der Waals surface area contributed by atoms with E-state index in [1.807, 2.05) is 54.6 Å². The fraction of sp³-hybridized carbons (Fsp3) is 0.200. The number of methoxy groups -OCH3 is 2. The molecule has 1 heterocycles. The highest BCUT2D eigenvalue weighted by Gasteiger charge is 2.12. The first-order chi connectivity index (χ1) is 14.7. The van der Waals surface area contributed by atoms with Gasteiger partial charge in [-0.25, -0.2) is 4.98 Å². The van der Waals surface area contributed by atoms with Crippen molar-refractivity contribution in [3.05, 3.63) is 83.7 Å².